The molecule has 6 heteroatoms. The molecule has 110 valence electrons. The number of nitrogens with one attached hydrogen (secondary N) is 1. The van der Waals surface area contributed by atoms with E-state index in [2.05, 4.69) is 5.32 Å². The highest BCUT2D eigenvalue weighted by atomic mass is 32.2. The van der Waals surface area contributed by atoms with Gasteiger partial charge in [-0.15, -0.1) is 0 Å². The first kappa shape index (κ1) is 15.0. The Bertz CT molecular complexity index is 627. The van der Waals surface area contributed by atoms with Gasteiger partial charge in [0.15, 0.2) is 9.84 Å². The van der Waals surface area contributed by atoms with Crippen LogP contribution in [0.5, 0.6) is 0 Å². The molecule has 0 heterocycles. The van der Waals surface area contributed by atoms with Crippen molar-refractivity contribution in [2.24, 2.45) is 11.1 Å². The number of benzene rings is 1. The largest absolute Gasteiger partial charge is 0.327 e. The molecule has 1 saturated carbocycles. The van der Waals surface area contributed by atoms with Gasteiger partial charge in [0, 0.05) is 18.0 Å². The van der Waals surface area contributed by atoms with Gasteiger partial charge in [-0.25, -0.2) is 8.42 Å². The second-order valence-electron chi connectivity index (χ2n) is 5.67. The maximum atomic E-state index is 12.4. The van der Waals surface area contributed by atoms with E-state index in [-0.39, 0.29) is 16.8 Å². The summed E-state index contributed by atoms with van der Waals surface area (Å²) in [4.78, 5) is 12.6. The van der Waals surface area contributed by atoms with Crippen LogP contribution >= 0.6 is 0 Å². The van der Waals surface area contributed by atoms with Gasteiger partial charge in [0.2, 0.25) is 5.91 Å². The van der Waals surface area contributed by atoms with Gasteiger partial charge in [0.05, 0.1) is 10.3 Å². The van der Waals surface area contributed by atoms with E-state index in [0.717, 1.165) is 25.5 Å². The molecule has 0 spiro atoms. The van der Waals surface area contributed by atoms with E-state index in [4.69, 9.17) is 5.73 Å². The van der Waals surface area contributed by atoms with Crippen LogP contribution in [-0.2, 0) is 14.6 Å². The van der Waals surface area contributed by atoms with E-state index >= 15 is 0 Å². The standard InChI is InChI=1S/C14H20N2O3S/c1-14(8-4-7-12(14)15)13(17)16-10-5-3-6-11(9-10)20(2,18)19/h3,5-6,9,12H,4,7-8,15H2,1-2H3,(H,16,17). The first-order chi connectivity index (χ1) is 9.23. The van der Waals surface area contributed by atoms with E-state index in [9.17, 15) is 13.2 Å². The Hall–Kier alpha value is -1.40. The molecule has 2 rings (SSSR count). The summed E-state index contributed by atoms with van der Waals surface area (Å²) >= 11 is 0. The molecule has 20 heavy (non-hydrogen) atoms. The predicted octanol–water partition coefficient (Wildman–Crippen LogP) is 1.55. The van der Waals surface area contributed by atoms with Gasteiger partial charge < -0.3 is 11.1 Å². The van der Waals surface area contributed by atoms with Crippen LogP contribution in [0.25, 0.3) is 0 Å². The Morgan fingerprint density at radius 2 is 2.15 bits per heavy atom. The monoisotopic (exact) mass is 296 g/mol. The Labute approximate surface area is 119 Å². The van der Waals surface area contributed by atoms with E-state index in [1.54, 1.807) is 12.1 Å². The molecule has 0 radical (unpaired) electrons. The quantitative estimate of drug-likeness (QED) is 0.885. The van der Waals surface area contributed by atoms with Gasteiger partial charge in [-0.2, -0.15) is 0 Å². The summed E-state index contributed by atoms with van der Waals surface area (Å²) in [5, 5.41) is 2.78. The van der Waals surface area contributed by atoms with Gasteiger partial charge in [-0.3, -0.25) is 4.79 Å². The molecule has 1 amide bonds. The van der Waals surface area contributed by atoms with Crippen molar-refractivity contribution < 1.29 is 13.2 Å². The second-order valence-corrected chi connectivity index (χ2v) is 7.69. The molecule has 2 unspecified atom stereocenters. The van der Waals surface area contributed by atoms with Crippen LogP contribution in [0, 0.1) is 5.41 Å². The first-order valence-electron chi connectivity index (χ1n) is 6.61. The number of amides is 1. The summed E-state index contributed by atoms with van der Waals surface area (Å²) in [5.41, 5.74) is 5.91. The van der Waals surface area contributed by atoms with Crippen molar-refractivity contribution in [1.82, 2.24) is 0 Å². The fraction of sp³-hybridized carbons (Fsp3) is 0.500. The molecule has 0 saturated heterocycles. The molecule has 0 bridgehead atoms. The number of carbonyl (C=O) groups excluding carboxylic acids is 1. The van der Waals surface area contributed by atoms with Crippen LogP contribution in [-0.4, -0.2) is 26.6 Å². The lowest BCUT2D eigenvalue weighted by Gasteiger charge is -2.27. The first-order valence-corrected chi connectivity index (χ1v) is 8.50. The van der Waals surface area contributed by atoms with Crippen molar-refractivity contribution in [3.05, 3.63) is 24.3 Å². The average molecular weight is 296 g/mol. The predicted molar refractivity (Wildman–Crippen MR) is 78.1 cm³/mol. The Morgan fingerprint density at radius 1 is 1.45 bits per heavy atom. The molecule has 0 aliphatic heterocycles. The van der Waals surface area contributed by atoms with Crippen molar-refractivity contribution in [3.8, 4) is 0 Å². The molecule has 1 fully saturated rings. The number of hydrogen-bond acceptors (Lipinski definition) is 4. The van der Waals surface area contributed by atoms with Gasteiger partial charge >= 0.3 is 0 Å². The van der Waals surface area contributed by atoms with E-state index in [0.29, 0.717) is 5.69 Å². The van der Waals surface area contributed by atoms with Gasteiger partial charge in [0.25, 0.3) is 0 Å². The fourth-order valence-corrected chi connectivity index (χ4v) is 3.22. The van der Waals surface area contributed by atoms with Crippen LogP contribution in [0.3, 0.4) is 0 Å². The van der Waals surface area contributed by atoms with Crippen molar-refractivity contribution in [3.63, 3.8) is 0 Å². The topological polar surface area (TPSA) is 89.3 Å². The van der Waals surface area contributed by atoms with Crippen LogP contribution in [0.15, 0.2) is 29.2 Å². The minimum absolute atomic E-state index is 0.145. The molecule has 1 aromatic rings. The number of hydrogen-bond donors (Lipinski definition) is 2. The molecule has 1 aliphatic carbocycles. The van der Waals surface area contributed by atoms with Crippen molar-refractivity contribution >= 4 is 21.4 Å². The summed E-state index contributed by atoms with van der Waals surface area (Å²) < 4.78 is 23.0. The van der Waals surface area contributed by atoms with Crippen LogP contribution in [0.2, 0.25) is 0 Å². The molecule has 0 aromatic heterocycles. The minimum atomic E-state index is -3.28. The smallest absolute Gasteiger partial charge is 0.231 e. The maximum Gasteiger partial charge on any atom is 0.231 e. The lowest BCUT2D eigenvalue weighted by Crippen LogP contribution is -2.44. The second kappa shape index (κ2) is 5.18. The summed E-state index contributed by atoms with van der Waals surface area (Å²) in [7, 11) is -3.28. The SMILES string of the molecule is CC1(C(=O)Nc2cccc(S(C)(=O)=O)c2)CCCC1N. The summed E-state index contributed by atoms with van der Waals surface area (Å²) in [5.74, 6) is -0.145. The number of rotatable bonds is 3. The van der Waals surface area contributed by atoms with Gasteiger partial charge in [-0.1, -0.05) is 12.5 Å². The third-order valence-electron chi connectivity index (χ3n) is 4.07. The van der Waals surface area contributed by atoms with Crippen LogP contribution in [0.4, 0.5) is 5.69 Å². The third-order valence-corrected chi connectivity index (χ3v) is 5.18. The lowest BCUT2D eigenvalue weighted by molar-refractivity contribution is -0.125. The maximum absolute atomic E-state index is 12.4. The zero-order valence-electron chi connectivity index (χ0n) is 11.7. The van der Waals surface area contributed by atoms with Gasteiger partial charge in [0.1, 0.15) is 0 Å². The summed E-state index contributed by atoms with van der Waals surface area (Å²) in [6.07, 6.45) is 3.68. The summed E-state index contributed by atoms with van der Waals surface area (Å²) in [6.45, 7) is 1.86. The molecular formula is C14H20N2O3S. The molecular weight excluding hydrogens is 276 g/mol. The zero-order valence-corrected chi connectivity index (χ0v) is 12.5. The number of sulfone groups is 1. The number of anilines is 1. The van der Waals surface area contributed by atoms with E-state index < -0.39 is 15.3 Å². The highest BCUT2D eigenvalue weighted by Gasteiger charge is 2.42. The Kier molecular flexibility index (Phi) is 3.88. The minimum Gasteiger partial charge on any atom is -0.327 e. The van der Waals surface area contributed by atoms with Crippen molar-refractivity contribution in [2.75, 3.05) is 11.6 Å². The molecule has 1 aromatic carbocycles. The van der Waals surface area contributed by atoms with Crippen molar-refractivity contribution in [1.29, 1.82) is 0 Å². The normalized spacial score (nSPS) is 26.4. The highest BCUT2D eigenvalue weighted by Crippen LogP contribution is 2.37. The average Bonchev–Trinajstić information content (AvgIpc) is 2.70. The van der Waals surface area contributed by atoms with Crippen LogP contribution < -0.4 is 11.1 Å². The van der Waals surface area contributed by atoms with E-state index in [1.165, 1.54) is 12.1 Å². The molecule has 5 nitrogen and oxygen atoms in total. The van der Waals surface area contributed by atoms with E-state index in [1.807, 2.05) is 6.92 Å². The molecule has 1 aliphatic rings. The number of carbonyl (C=O) groups is 1. The zero-order chi connectivity index (χ0) is 15.0. The highest BCUT2D eigenvalue weighted by molar-refractivity contribution is 7.90. The van der Waals surface area contributed by atoms with Gasteiger partial charge in [-0.05, 0) is 38.0 Å². The molecule has 2 atom stereocenters. The third kappa shape index (κ3) is 2.86. The Morgan fingerprint density at radius 3 is 2.70 bits per heavy atom. The number of nitrogens with two attached hydrogens (primary N) is 1. The summed E-state index contributed by atoms with van der Waals surface area (Å²) in [6, 6.07) is 6.12. The van der Waals surface area contributed by atoms with Crippen LogP contribution in [0.1, 0.15) is 26.2 Å². The lowest BCUT2D eigenvalue weighted by atomic mass is 9.84. The Balaban J connectivity index is 2.21. The fourth-order valence-electron chi connectivity index (χ4n) is 2.55. The molecule has 3 N–H and O–H groups in total. The van der Waals surface area contributed by atoms with Crippen molar-refractivity contribution in [2.45, 2.75) is 37.1 Å².